The molecule has 27 heavy (non-hydrogen) atoms. The molecule has 3 aromatic rings. The molecule has 2 heterocycles. The lowest BCUT2D eigenvalue weighted by atomic mass is 10.1. The third-order valence-electron chi connectivity index (χ3n) is 4.76. The molecule has 1 N–H and O–H groups in total. The number of hydrogen-bond donors (Lipinski definition) is 1. The molecule has 0 atom stereocenters. The van der Waals surface area contributed by atoms with Crippen LogP contribution < -0.4 is 5.32 Å². The number of carbonyl (C=O) groups excluding carboxylic acids is 1. The van der Waals surface area contributed by atoms with E-state index >= 15 is 0 Å². The molecule has 142 valence electrons. The molecule has 0 fully saturated rings. The Balaban J connectivity index is 1.46. The summed E-state index contributed by atoms with van der Waals surface area (Å²) in [5.74, 6) is 1.52. The van der Waals surface area contributed by atoms with Gasteiger partial charge in [0.05, 0.1) is 0 Å². The predicted molar refractivity (Wildman–Crippen MR) is 108 cm³/mol. The lowest BCUT2D eigenvalue weighted by molar-refractivity contribution is -0.120. The van der Waals surface area contributed by atoms with Gasteiger partial charge >= 0.3 is 0 Å². The Morgan fingerprint density at radius 1 is 1.19 bits per heavy atom. The van der Waals surface area contributed by atoms with Crippen LogP contribution in [-0.4, -0.2) is 37.8 Å². The highest BCUT2D eigenvalue weighted by atomic mass is 32.2. The van der Waals surface area contributed by atoms with Gasteiger partial charge in [-0.3, -0.25) is 4.79 Å². The molecule has 0 unspecified atom stereocenters. The number of amides is 1. The van der Waals surface area contributed by atoms with Crippen molar-refractivity contribution in [1.82, 2.24) is 24.9 Å². The van der Waals surface area contributed by atoms with Crippen LogP contribution in [0.3, 0.4) is 0 Å². The zero-order valence-corrected chi connectivity index (χ0v) is 17.1. The van der Waals surface area contributed by atoms with Crippen molar-refractivity contribution in [3.8, 4) is 0 Å². The highest BCUT2D eigenvalue weighted by molar-refractivity contribution is 7.99. The molecule has 0 radical (unpaired) electrons. The molecule has 0 aliphatic carbocycles. The minimum Gasteiger partial charge on any atom is -0.355 e. The summed E-state index contributed by atoms with van der Waals surface area (Å²) in [5, 5.41) is 7.19. The topological polar surface area (TPSA) is 72.2 Å². The van der Waals surface area contributed by atoms with Gasteiger partial charge in [-0.25, -0.2) is 9.50 Å². The van der Waals surface area contributed by atoms with Crippen molar-refractivity contribution in [2.24, 2.45) is 0 Å². The molecule has 2 aromatic heterocycles. The maximum atomic E-state index is 12.2. The Morgan fingerprint density at radius 3 is 2.78 bits per heavy atom. The number of fused-ring (bicyclic) bond motifs is 1. The summed E-state index contributed by atoms with van der Waals surface area (Å²) >= 11 is 1.76. The number of aryl methyl sites for hydroxylation is 4. The first-order valence-electron chi connectivity index (χ1n) is 9.08. The van der Waals surface area contributed by atoms with Crippen LogP contribution in [0.25, 0.3) is 5.78 Å². The molecular weight excluding hydrogens is 358 g/mol. The number of nitrogens with zero attached hydrogens (tertiary/aromatic N) is 4. The minimum absolute atomic E-state index is 0.0631. The number of thioether (sulfide) groups is 1. The standard InChI is InChI=1S/C20H25N5OS/c1-13-5-6-17(11-14(13)2)27-10-9-21-19(26)8-7-18-15(3)24-20-22-12-23-25(20)16(18)4/h5-6,11-12H,7-10H2,1-4H3,(H,21,26). The molecule has 6 nitrogen and oxygen atoms in total. The van der Waals surface area contributed by atoms with Gasteiger partial charge in [0, 0.05) is 35.0 Å². The van der Waals surface area contributed by atoms with Gasteiger partial charge in [0.2, 0.25) is 5.91 Å². The summed E-state index contributed by atoms with van der Waals surface area (Å²) in [6.45, 7) is 8.84. The second-order valence-electron chi connectivity index (χ2n) is 6.68. The Kier molecular flexibility index (Phi) is 6.11. The first-order valence-corrected chi connectivity index (χ1v) is 10.1. The van der Waals surface area contributed by atoms with Crippen LogP contribution in [0.4, 0.5) is 0 Å². The van der Waals surface area contributed by atoms with Crippen LogP contribution in [-0.2, 0) is 11.2 Å². The number of rotatable bonds is 7. The summed E-state index contributed by atoms with van der Waals surface area (Å²) in [7, 11) is 0. The maximum Gasteiger partial charge on any atom is 0.252 e. The largest absolute Gasteiger partial charge is 0.355 e. The van der Waals surface area contributed by atoms with Gasteiger partial charge in [-0.1, -0.05) is 6.07 Å². The molecule has 0 spiro atoms. The molecule has 0 aliphatic heterocycles. The van der Waals surface area contributed by atoms with E-state index in [2.05, 4.69) is 52.4 Å². The van der Waals surface area contributed by atoms with E-state index in [0.29, 0.717) is 25.2 Å². The quantitative estimate of drug-likeness (QED) is 0.501. The van der Waals surface area contributed by atoms with Gasteiger partial charge in [-0.15, -0.1) is 11.8 Å². The van der Waals surface area contributed by atoms with Crippen molar-refractivity contribution in [2.75, 3.05) is 12.3 Å². The normalized spacial score (nSPS) is 11.1. The average molecular weight is 384 g/mol. The van der Waals surface area contributed by atoms with E-state index in [1.807, 2.05) is 13.8 Å². The molecule has 0 saturated carbocycles. The van der Waals surface area contributed by atoms with Gasteiger partial charge < -0.3 is 5.32 Å². The van der Waals surface area contributed by atoms with Crippen molar-refractivity contribution in [2.45, 2.75) is 45.4 Å². The maximum absolute atomic E-state index is 12.2. The lowest BCUT2D eigenvalue weighted by Gasteiger charge is -2.10. The first-order chi connectivity index (χ1) is 13.0. The zero-order chi connectivity index (χ0) is 19.4. The van der Waals surface area contributed by atoms with E-state index in [0.717, 1.165) is 22.7 Å². The monoisotopic (exact) mass is 383 g/mol. The van der Waals surface area contributed by atoms with E-state index in [-0.39, 0.29) is 5.91 Å². The third-order valence-corrected chi connectivity index (χ3v) is 5.76. The fraction of sp³-hybridized carbons (Fsp3) is 0.400. The molecule has 1 aromatic carbocycles. The van der Waals surface area contributed by atoms with E-state index in [4.69, 9.17) is 0 Å². The average Bonchev–Trinajstić information content (AvgIpc) is 3.10. The van der Waals surface area contributed by atoms with E-state index in [1.165, 1.54) is 22.3 Å². The highest BCUT2D eigenvalue weighted by Crippen LogP contribution is 2.20. The number of nitrogens with one attached hydrogen (secondary N) is 1. The minimum atomic E-state index is 0.0631. The highest BCUT2D eigenvalue weighted by Gasteiger charge is 2.12. The number of carbonyl (C=O) groups is 1. The summed E-state index contributed by atoms with van der Waals surface area (Å²) in [6.07, 6.45) is 2.59. The van der Waals surface area contributed by atoms with Gasteiger partial charge in [0.1, 0.15) is 6.33 Å². The summed E-state index contributed by atoms with van der Waals surface area (Å²) in [4.78, 5) is 22.0. The van der Waals surface area contributed by atoms with E-state index in [1.54, 1.807) is 16.3 Å². The SMILES string of the molecule is Cc1ccc(SCCNC(=O)CCc2c(C)nc3ncnn3c2C)cc1C. The Bertz CT molecular complexity index is 966. The van der Waals surface area contributed by atoms with Gasteiger partial charge in [-0.05, 0) is 62.9 Å². The number of benzene rings is 1. The van der Waals surface area contributed by atoms with Crippen molar-refractivity contribution in [1.29, 1.82) is 0 Å². The Morgan fingerprint density at radius 2 is 2.00 bits per heavy atom. The number of hydrogen-bond acceptors (Lipinski definition) is 5. The molecular formula is C20H25N5OS. The van der Waals surface area contributed by atoms with Crippen LogP contribution in [0.1, 0.15) is 34.5 Å². The summed E-state index contributed by atoms with van der Waals surface area (Å²) < 4.78 is 1.72. The molecule has 3 rings (SSSR count). The molecule has 7 heteroatoms. The van der Waals surface area contributed by atoms with E-state index in [9.17, 15) is 4.79 Å². The zero-order valence-electron chi connectivity index (χ0n) is 16.2. The van der Waals surface area contributed by atoms with Crippen molar-refractivity contribution in [3.63, 3.8) is 0 Å². The van der Waals surface area contributed by atoms with Gasteiger partial charge in [0.15, 0.2) is 0 Å². The fourth-order valence-corrected chi connectivity index (χ4v) is 3.87. The van der Waals surface area contributed by atoms with Crippen LogP contribution in [0.2, 0.25) is 0 Å². The molecule has 0 saturated heterocycles. The van der Waals surface area contributed by atoms with Crippen LogP contribution >= 0.6 is 11.8 Å². The molecule has 1 amide bonds. The smallest absolute Gasteiger partial charge is 0.252 e. The predicted octanol–water partition coefficient (Wildman–Crippen LogP) is 3.20. The van der Waals surface area contributed by atoms with Gasteiger partial charge in [-0.2, -0.15) is 10.1 Å². The fourth-order valence-electron chi connectivity index (χ4n) is 3.01. The second kappa shape index (κ2) is 8.52. The van der Waals surface area contributed by atoms with Crippen LogP contribution in [0.5, 0.6) is 0 Å². The number of aromatic nitrogens is 4. The van der Waals surface area contributed by atoms with Crippen LogP contribution in [0.15, 0.2) is 29.4 Å². The molecule has 0 bridgehead atoms. The first kappa shape index (κ1) is 19.4. The van der Waals surface area contributed by atoms with Crippen molar-refractivity contribution >= 4 is 23.4 Å². The van der Waals surface area contributed by atoms with Gasteiger partial charge in [0.25, 0.3) is 5.78 Å². The van der Waals surface area contributed by atoms with E-state index < -0.39 is 0 Å². The van der Waals surface area contributed by atoms with Crippen molar-refractivity contribution < 1.29 is 4.79 Å². The third kappa shape index (κ3) is 4.66. The summed E-state index contributed by atoms with van der Waals surface area (Å²) in [5.41, 5.74) is 5.57. The Labute approximate surface area is 163 Å². The lowest BCUT2D eigenvalue weighted by Crippen LogP contribution is -2.26. The van der Waals surface area contributed by atoms with Crippen LogP contribution in [0, 0.1) is 27.7 Å². The summed E-state index contributed by atoms with van der Waals surface area (Å²) in [6, 6.07) is 6.47. The second-order valence-corrected chi connectivity index (χ2v) is 7.85. The Hall–Kier alpha value is -2.41. The van der Waals surface area contributed by atoms with Crippen molar-refractivity contribution in [3.05, 3.63) is 52.6 Å². The molecule has 0 aliphatic rings.